The fourth-order valence-corrected chi connectivity index (χ4v) is 4.50. The maximum absolute atomic E-state index is 12.5. The second-order valence-corrected chi connectivity index (χ2v) is 11.0. The molecule has 0 bridgehead atoms. The zero-order chi connectivity index (χ0) is 28.8. The van der Waals surface area contributed by atoms with E-state index in [0.717, 1.165) is 11.8 Å². The Balaban J connectivity index is 2.81. The predicted octanol–water partition coefficient (Wildman–Crippen LogP) is -2.74. The van der Waals surface area contributed by atoms with Crippen molar-refractivity contribution in [2.45, 2.75) is 38.3 Å². The van der Waals surface area contributed by atoms with Crippen molar-refractivity contribution in [3.8, 4) is 0 Å². The number of carboxylic acid groups (broad SMARTS) is 2. The van der Waals surface area contributed by atoms with Gasteiger partial charge in [0.25, 0.3) is 0 Å². The van der Waals surface area contributed by atoms with E-state index in [1.165, 1.54) is 18.2 Å². The van der Waals surface area contributed by atoms with E-state index in [1.54, 1.807) is 6.92 Å². The van der Waals surface area contributed by atoms with E-state index in [9.17, 15) is 37.0 Å². The number of amides is 4. The molecule has 0 spiro atoms. The number of aliphatic carboxylic acids is 2. The minimum Gasteiger partial charge on any atom is -0.480 e. The number of anilines is 2. The van der Waals surface area contributed by atoms with Crippen LogP contribution in [0.1, 0.15) is 26.2 Å². The van der Waals surface area contributed by atoms with Crippen molar-refractivity contribution >= 4 is 78.4 Å². The van der Waals surface area contributed by atoms with Crippen molar-refractivity contribution in [2.75, 3.05) is 28.7 Å². The van der Waals surface area contributed by atoms with Gasteiger partial charge in [-0.1, -0.05) is 0 Å². The zero-order valence-electron chi connectivity index (χ0n) is 20.3. The van der Waals surface area contributed by atoms with Gasteiger partial charge in [0.05, 0.1) is 0 Å². The van der Waals surface area contributed by atoms with Crippen LogP contribution in [0, 0.1) is 0 Å². The zero-order valence-corrected chi connectivity index (χ0v) is 23.0. The molecule has 1 rings (SSSR count). The van der Waals surface area contributed by atoms with E-state index in [4.69, 9.17) is 15.9 Å². The first kappa shape index (κ1) is 32.9. The van der Waals surface area contributed by atoms with Crippen LogP contribution in [0.25, 0.3) is 0 Å². The number of rotatable bonds is 16. The van der Waals surface area contributed by atoms with Crippen LogP contribution in [0.4, 0.5) is 11.4 Å². The molecule has 2 atom stereocenters. The molecule has 17 heteroatoms. The molecule has 0 fully saturated rings. The Morgan fingerprint density at radius 2 is 1.66 bits per heavy atom. The first-order chi connectivity index (χ1) is 17.8. The molecule has 0 radical (unpaired) electrons. The molecule has 1 aromatic rings. The standard InChI is InChI=1S/C21H30AsN5O10S/c1-2-16(28)26-14-7-11(22(36)37)3-5-13(14)25-18(30)10-38-9-15(20(33)24-8-19(31)32)27-17(29)6-4-12(23)21(34)35/h3,5,7,12,15,36-37H,2,4,6,8-10,23H2,1H3,(H,24,33)(H,25,30)(H,26,28)(H,27,29)(H,31,32)(H,34,35). The molecule has 4 amide bonds. The van der Waals surface area contributed by atoms with Crippen molar-refractivity contribution in [3.63, 3.8) is 0 Å². The molecule has 2 unspecified atom stereocenters. The van der Waals surface area contributed by atoms with Gasteiger partial charge in [0.1, 0.15) is 12.6 Å². The first-order valence-corrected chi connectivity index (χ1v) is 14.9. The van der Waals surface area contributed by atoms with Crippen LogP contribution >= 0.6 is 11.8 Å². The van der Waals surface area contributed by atoms with Crippen molar-refractivity contribution in [2.24, 2.45) is 5.73 Å². The average molecular weight is 619 g/mol. The molecule has 0 saturated carbocycles. The Labute approximate surface area is 226 Å². The molecule has 0 aromatic heterocycles. The Hall–Kier alpha value is -3.17. The van der Waals surface area contributed by atoms with Gasteiger partial charge in [-0.3, -0.25) is 14.4 Å². The van der Waals surface area contributed by atoms with E-state index in [2.05, 4.69) is 21.3 Å². The number of carbonyl (C=O) groups is 6. The van der Waals surface area contributed by atoms with Crippen molar-refractivity contribution in [3.05, 3.63) is 18.2 Å². The van der Waals surface area contributed by atoms with E-state index >= 15 is 0 Å². The van der Waals surface area contributed by atoms with E-state index in [-0.39, 0.29) is 52.4 Å². The van der Waals surface area contributed by atoms with Gasteiger partial charge >= 0.3 is 171 Å². The molecule has 10 N–H and O–H groups in total. The van der Waals surface area contributed by atoms with Crippen LogP contribution in [-0.4, -0.2) is 99.4 Å². The van der Waals surface area contributed by atoms with Gasteiger partial charge in [-0.25, -0.2) is 0 Å². The number of nitrogens with two attached hydrogens (primary N) is 1. The molecule has 0 heterocycles. The molecule has 0 aliphatic carbocycles. The third-order valence-corrected chi connectivity index (χ3v) is 7.27. The molecule has 0 saturated heterocycles. The molecular weight excluding hydrogens is 589 g/mol. The summed E-state index contributed by atoms with van der Waals surface area (Å²) in [6, 6.07) is 1.66. The van der Waals surface area contributed by atoms with Crippen LogP contribution in [0.15, 0.2) is 18.2 Å². The molecule has 0 aliphatic heterocycles. The average Bonchev–Trinajstić information content (AvgIpc) is 2.85. The summed E-state index contributed by atoms with van der Waals surface area (Å²) in [6.45, 7) is 0.917. The summed E-state index contributed by atoms with van der Waals surface area (Å²) in [4.78, 5) is 70.4. The summed E-state index contributed by atoms with van der Waals surface area (Å²) in [6.07, 6.45) is -0.340. The van der Waals surface area contributed by atoms with Gasteiger partial charge in [-0.15, -0.1) is 0 Å². The van der Waals surface area contributed by atoms with Crippen molar-refractivity contribution in [1.29, 1.82) is 0 Å². The van der Waals surface area contributed by atoms with Gasteiger partial charge in [-0.05, 0) is 6.42 Å². The normalized spacial score (nSPS) is 12.2. The van der Waals surface area contributed by atoms with Crippen molar-refractivity contribution < 1.29 is 47.2 Å². The molecule has 38 heavy (non-hydrogen) atoms. The Morgan fingerprint density at radius 1 is 1.00 bits per heavy atom. The van der Waals surface area contributed by atoms with E-state index in [0.29, 0.717) is 0 Å². The SMILES string of the molecule is CCC(=O)Nc1cc([As](O)O)ccc1NC(=O)CSCC(NC(=O)CCC(N)C(=O)O)C(=O)NCC(=O)O. The summed E-state index contributed by atoms with van der Waals surface area (Å²) < 4.78 is 19.3. The van der Waals surface area contributed by atoms with Gasteiger partial charge in [0.2, 0.25) is 0 Å². The number of nitrogens with one attached hydrogen (secondary N) is 4. The maximum atomic E-state index is 12.5. The van der Waals surface area contributed by atoms with E-state index < -0.39 is 63.6 Å². The Morgan fingerprint density at radius 3 is 2.24 bits per heavy atom. The Kier molecular flexibility index (Phi) is 14.4. The van der Waals surface area contributed by atoms with Crippen LogP contribution in [0.3, 0.4) is 0 Å². The quantitative estimate of drug-likeness (QED) is 0.0855. The fourth-order valence-electron chi connectivity index (χ4n) is 2.71. The van der Waals surface area contributed by atoms with Crippen molar-refractivity contribution in [1.82, 2.24) is 10.6 Å². The topological polar surface area (TPSA) is 257 Å². The second kappa shape index (κ2) is 16.6. The van der Waals surface area contributed by atoms with Gasteiger partial charge in [0.15, 0.2) is 0 Å². The second-order valence-electron chi connectivity index (χ2n) is 7.70. The smallest absolute Gasteiger partial charge is 0.480 e. The Bertz CT molecular complexity index is 1040. The molecule has 0 aliphatic rings. The minimum absolute atomic E-state index is 0.128. The van der Waals surface area contributed by atoms with Gasteiger partial charge in [-0.2, -0.15) is 0 Å². The third kappa shape index (κ3) is 12.4. The summed E-state index contributed by atoms with van der Waals surface area (Å²) in [5.41, 5.74) is 5.74. The number of thioether (sulfide) groups is 1. The van der Waals surface area contributed by atoms with E-state index in [1.807, 2.05) is 0 Å². The number of benzene rings is 1. The number of carboxylic acids is 2. The number of carbonyl (C=O) groups excluding carboxylic acids is 4. The third-order valence-electron chi connectivity index (χ3n) is 4.69. The van der Waals surface area contributed by atoms with Crippen LogP contribution < -0.4 is 31.4 Å². The molecular formula is C21H30AsN5O10S. The first-order valence-electron chi connectivity index (χ1n) is 11.1. The monoisotopic (exact) mass is 619 g/mol. The summed E-state index contributed by atoms with van der Waals surface area (Å²) in [7, 11) is 0. The summed E-state index contributed by atoms with van der Waals surface area (Å²) in [5.74, 6) is -5.34. The summed E-state index contributed by atoms with van der Waals surface area (Å²) >= 11 is -2.29. The number of hydrogen-bond acceptors (Lipinski definition) is 10. The van der Waals surface area contributed by atoms with Gasteiger partial charge in [0, 0.05) is 6.42 Å². The molecule has 210 valence electrons. The fraction of sp³-hybridized carbons (Fsp3) is 0.429. The number of hydrogen-bond donors (Lipinski definition) is 9. The van der Waals surface area contributed by atoms with Crippen LogP contribution in [0.5, 0.6) is 0 Å². The molecule has 15 nitrogen and oxygen atoms in total. The molecule has 1 aromatic carbocycles. The van der Waals surface area contributed by atoms with Gasteiger partial charge < -0.3 is 15.9 Å². The minimum atomic E-state index is -3.23. The predicted molar refractivity (Wildman–Crippen MR) is 139 cm³/mol. The van der Waals surface area contributed by atoms with Crippen LogP contribution in [0.2, 0.25) is 0 Å². The van der Waals surface area contributed by atoms with Crippen LogP contribution in [-0.2, 0) is 28.8 Å². The summed E-state index contributed by atoms with van der Waals surface area (Å²) in [5, 5.41) is 27.2.